The number of ether oxygens (including phenoxy) is 1. The normalized spacial score (nSPS) is 10.3. The summed E-state index contributed by atoms with van der Waals surface area (Å²) in [7, 11) is 0. The first-order chi connectivity index (χ1) is 9.11. The molecule has 1 aromatic heterocycles. The highest BCUT2D eigenvalue weighted by Gasteiger charge is 2.18. The molecule has 0 unspecified atom stereocenters. The molecule has 1 aromatic carbocycles. The van der Waals surface area contributed by atoms with Crippen molar-refractivity contribution in [3.8, 4) is 0 Å². The Hall–Kier alpha value is -1.95. The van der Waals surface area contributed by atoms with Crippen LogP contribution in [-0.2, 0) is 4.74 Å². The summed E-state index contributed by atoms with van der Waals surface area (Å²) in [6.45, 7) is 6.12. The molecule has 6 heteroatoms. The molecular weight excluding hydrogens is 262 g/mol. The van der Waals surface area contributed by atoms with E-state index < -0.39 is 5.97 Å². The van der Waals surface area contributed by atoms with Gasteiger partial charge in [0, 0.05) is 17.2 Å². The van der Waals surface area contributed by atoms with Crippen LogP contribution in [0.1, 0.15) is 28.5 Å². The van der Waals surface area contributed by atoms with Crippen LogP contribution < -0.4 is 5.32 Å². The molecule has 2 rings (SSSR count). The molecule has 0 bridgehead atoms. The van der Waals surface area contributed by atoms with Gasteiger partial charge >= 0.3 is 5.97 Å². The number of nitrogens with one attached hydrogen (secondary N) is 1. The van der Waals surface area contributed by atoms with Crippen molar-refractivity contribution in [1.29, 1.82) is 0 Å². The predicted octanol–water partition coefficient (Wildman–Crippen LogP) is 3.08. The third kappa shape index (κ3) is 3.08. The van der Waals surface area contributed by atoms with E-state index in [9.17, 15) is 4.79 Å². The molecule has 0 amide bonds. The molecule has 0 aliphatic rings. The maximum Gasteiger partial charge on any atom is 0.362 e. The summed E-state index contributed by atoms with van der Waals surface area (Å²) in [5, 5.41) is 7.59. The van der Waals surface area contributed by atoms with Crippen molar-refractivity contribution >= 4 is 28.2 Å². The maximum atomic E-state index is 11.7. The van der Waals surface area contributed by atoms with E-state index >= 15 is 0 Å². The summed E-state index contributed by atoms with van der Waals surface area (Å²) < 4.78 is 8.74. The number of benzene rings is 1. The molecule has 1 heterocycles. The lowest BCUT2D eigenvalue weighted by molar-refractivity contribution is 0.0520. The van der Waals surface area contributed by atoms with Crippen molar-refractivity contribution in [2.24, 2.45) is 0 Å². The van der Waals surface area contributed by atoms with Crippen LogP contribution in [0.2, 0.25) is 0 Å². The third-order valence-corrected chi connectivity index (χ3v) is 3.23. The Morgan fingerprint density at radius 3 is 2.89 bits per heavy atom. The molecule has 100 valence electrons. The van der Waals surface area contributed by atoms with Crippen LogP contribution in [-0.4, -0.2) is 22.2 Å². The first-order valence-corrected chi connectivity index (χ1v) is 6.73. The van der Waals surface area contributed by atoms with Crippen LogP contribution >= 0.6 is 11.5 Å². The molecule has 1 N–H and O–H groups in total. The second-order valence-corrected chi connectivity index (χ2v) is 4.87. The van der Waals surface area contributed by atoms with E-state index in [-0.39, 0.29) is 5.69 Å². The zero-order valence-corrected chi connectivity index (χ0v) is 11.9. The molecule has 19 heavy (non-hydrogen) atoms. The van der Waals surface area contributed by atoms with Gasteiger partial charge < -0.3 is 10.1 Å². The standard InChI is InChI=1S/C13H15N3O2S/c1-4-18-13(17)11-12(19-16-15-11)14-10-6-5-8(2)7-9(10)3/h5-7,14H,4H2,1-3H3. The number of anilines is 2. The van der Waals surface area contributed by atoms with Gasteiger partial charge in [0.05, 0.1) is 6.61 Å². The molecule has 0 radical (unpaired) electrons. The average Bonchev–Trinajstić information content (AvgIpc) is 2.81. The van der Waals surface area contributed by atoms with Gasteiger partial charge in [0.2, 0.25) is 5.69 Å². The van der Waals surface area contributed by atoms with Crippen LogP contribution in [0, 0.1) is 13.8 Å². The van der Waals surface area contributed by atoms with E-state index in [0.29, 0.717) is 11.6 Å². The number of hydrogen-bond donors (Lipinski definition) is 1. The number of aryl methyl sites for hydroxylation is 2. The van der Waals surface area contributed by atoms with E-state index in [1.165, 1.54) is 5.56 Å². The summed E-state index contributed by atoms with van der Waals surface area (Å²) in [6, 6.07) is 6.05. The van der Waals surface area contributed by atoms with E-state index in [0.717, 1.165) is 22.8 Å². The Balaban J connectivity index is 2.24. The van der Waals surface area contributed by atoms with E-state index in [1.807, 2.05) is 26.0 Å². The number of hydrogen-bond acceptors (Lipinski definition) is 6. The monoisotopic (exact) mass is 277 g/mol. The first-order valence-electron chi connectivity index (χ1n) is 5.95. The Morgan fingerprint density at radius 2 is 2.21 bits per heavy atom. The van der Waals surface area contributed by atoms with Gasteiger partial charge in [-0.15, -0.1) is 5.10 Å². The van der Waals surface area contributed by atoms with Crippen molar-refractivity contribution < 1.29 is 9.53 Å². The minimum atomic E-state index is -0.455. The number of carbonyl (C=O) groups excluding carboxylic acids is 1. The first kappa shape index (κ1) is 13.5. The molecule has 0 saturated heterocycles. The molecule has 2 aromatic rings. The minimum Gasteiger partial charge on any atom is -0.461 e. The molecule has 0 spiro atoms. The lowest BCUT2D eigenvalue weighted by atomic mass is 10.1. The molecule has 0 atom stereocenters. The lowest BCUT2D eigenvalue weighted by Crippen LogP contribution is -2.07. The van der Waals surface area contributed by atoms with Crippen molar-refractivity contribution in [3.05, 3.63) is 35.0 Å². The van der Waals surface area contributed by atoms with E-state index in [4.69, 9.17) is 4.74 Å². The van der Waals surface area contributed by atoms with Crippen LogP contribution in [0.5, 0.6) is 0 Å². The Bertz CT molecular complexity index is 595. The summed E-state index contributed by atoms with van der Waals surface area (Å²) in [5.41, 5.74) is 3.45. The summed E-state index contributed by atoms with van der Waals surface area (Å²) >= 11 is 1.14. The summed E-state index contributed by atoms with van der Waals surface area (Å²) in [4.78, 5) is 11.7. The van der Waals surface area contributed by atoms with Crippen LogP contribution in [0.25, 0.3) is 0 Å². The quantitative estimate of drug-likeness (QED) is 0.870. The molecule has 0 fully saturated rings. The number of aromatic nitrogens is 2. The van der Waals surface area contributed by atoms with Gasteiger partial charge in [0.15, 0.2) is 0 Å². The summed E-state index contributed by atoms with van der Waals surface area (Å²) in [5.74, 6) is -0.455. The largest absolute Gasteiger partial charge is 0.461 e. The third-order valence-electron chi connectivity index (χ3n) is 2.59. The number of carbonyl (C=O) groups is 1. The molecule has 0 aliphatic carbocycles. The van der Waals surface area contributed by atoms with Crippen LogP contribution in [0.15, 0.2) is 18.2 Å². The highest BCUT2D eigenvalue weighted by molar-refractivity contribution is 7.10. The zero-order valence-electron chi connectivity index (χ0n) is 11.1. The SMILES string of the molecule is CCOC(=O)c1nnsc1Nc1ccc(C)cc1C. The fourth-order valence-corrected chi connectivity index (χ4v) is 2.25. The number of esters is 1. The van der Waals surface area contributed by atoms with E-state index in [2.05, 4.69) is 21.0 Å². The van der Waals surface area contributed by atoms with Gasteiger partial charge in [0.25, 0.3) is 0 Å². The van der Waals surface area contributed by atoms with Gasteiger partial charge in [-0.3, -0.25) is 0 Å². The summed E-state index contributed by atoms with van der Waals surface area (Å²) in [6.07, 6.45) is 0. The van der Waals surface area contributed by atoms with Gasteiger partial charge in [-0.05, 0) is 32.4 Å². The number of nitrogens with zero attached hydrogens (tertiary/aromatic N) is 2. The van der Waals surface area contributed by atoms with Crippen molar-refractivity contribution in [1.82, 2.24) is 9.59 Å². The lowest BCUT2D eigenvalue weighted by Gasteiger charge is -2.08. The highest BCUT2D eigenvalue weighted by Crippen LogP contribution is 2.26. The van der Waals surface area contributed by atoms with Crippen molar-refractivity contribution in [3.63, 3.8) is 0 Å². The highest BCUT2D eigenvalue weighted by atomic mass is 32.1. The van der Waals surface area contributed by atoms with Gasteiger partial charge in [-0.25, -0.2) is 4.79 Å². The van der Waals surface area contributed by atoms with Gasteiger partial charge in [-0.1, -0.05) is 22.2 Å². The average molecular weight is 277 g/mol. The van der Waals surface area contributed by atoms with Gasteiger partial charge in [0.1, 0.15) is 5.00 Å². The Labute approximate surface area is 115 Å². The van der Waals surface area contributed by atoms with Crippen LogP contribution in [0.4, 0.5) is 10.7 Å². The maximum absolute atomic E-state index is 11.7. The molecule has 0 saturated carbocycles. The molecule has 0 aliphatic heterocycles. The van der Waals surface area contributed by atoms with E-state index in [1.54, 1.807) is 6.92 Å². The Kier molecular flexibility index (Phi) is 4.11. The molecule has 5 nitrogen and oxygen atoms in total. The predicted molar refractivity (Wildman–Crippen MR) is 75.1 cm³/mol. The van der Waals surface area contributed by atoms with Crippen LogP contribution in [0.3, 0.4) is 0 Å². The fraction of sp³-hybridized carbons (Fsp3) is 0.308. The minimum absolute atomic E-state index is 0.229. The Morgan fingerprint density at radius 1 is 1.42 bits per heavy atom. The number of rotatable bonds is 4. The van der Waals surface area contributed by atoms with Gasteiger partial charge in [-0.2, -0.15) is 0 Å². The topological polar surface area (TPSA) is 64.1 Å². The second kappa shape index (κ2) is 5.79. The smallest absolute Gasteiger partial charge is 0.362 e. The fourth-order valence-electron chi connectivity index (χ4n) is 1.68. The second-order valence-electron chi connectivity index (χ2n) is 4.11. The van der Waals surface area contributed by atoms with Crippen molar-refractivity contribution in [2.75, 3.05) is 11.9 Å². The molecular formula is C13H15N3O2S. The van der Waals surface area contributed by atoms with Crippen molar-refractivity contribution in [2.45, 2.75) is 20.8 Å². The zero-order chi connectivity index (χ0) is 13.8.